The van der Waals surface area contributed by atoms with Gasteiger partial charge in [0, 0.05) is 56.8 Å². The standard InChI is InChI=1S/C31H42N4O3.C2HF3O2/c1-4-5-12-27-31(38-30(37)35(27)22-25-11-6-7-17-32-25)15-20-33(21-16-31)26-13-18-34(19-14-26)29(36)28-23(2)9-8-10-24(28)3;3-2(4,5)1(6)7/h6-11,17,26-27H,4-5,12-16,18-22H2,1-3H3;(H,6,7). The van der Waals surface area contributed by atoms with Crippen LogP contribution in [0.1, 0.15) is 79.0 Å². The second kappa shape index (κ2) is 14.6. The van der Waals surface area contributed by atoms with Crippen LogP contribution in [0.2, 0.25) is 0 Å². The third-order valence-electron chi connectivity index (χ3n) is 9.25. The van der Waals surface area contributed by atoms with Crippen LogP contribution in [-0.2, 0) is 16.1 Å². The number of aryl methyl sites for hydroxylation is 2. The summed E-state index contributed by atoms with van der Waals surface area (Å²) in [5.74, 6) is -2.59. The Labute approximate surface area is 262 Å². The van der Waals surface area contributed by atoms with Crippen LogP contribution in [0.4, 0.5) is 18.0 Å². The number of pyridine rings is 1. The Morgan fingerprint density at radius 2 is 1.64 bits per heavy atom. The van der Waals surface area contributed by atoms with E-state index in [1.165, 1.54) is 0 Å². The average molecular weight is 633 g/mol. The van der Waals surface area contributed by atoms with Gasteiger partial charge in [0.05, 0.1) is 18.3 Å². The van der Waals surface area contributed by atoms with Crippen molar-refractivity contribution in [2.75, 3.05) is 26.2 Å². The summed E-state index contributed by atoms with van der Waals surface area (Å²) in [7, 11) is 0. The van der Waals surface area contributed by atoms with Gasteiger partial charge in [-0.05, 0) is 56.4 Å². The molecule has 1 unspecified atom stereocenters. The van der Waals surface area contributed by atoms with Gasteiger partial charge in [-0.25, -0.2) is 9.59 Å². The minimum atomic E-state index is -5.08. The molecule has 246 valence electrons. The Balaban J connectivity index is 0.000000591. The average Bonchev–Trinajstić information content (AvgIpc) is 3.25. The highest BCUT2D eigenvalue weighted by Crippen LogP contribution is 2.42. The van der Waals surface area contributed by atoms with Crippen molar-refractivity contribution in [1.82, 2.24) is 19.7 Å². The zero-order chi connectivity index (χ0) is 32.8. The Kier molecular flexibility index (Phi) is 11.1. The monoisotopic (exact) mass is 632 g/mol. The van der Waals surface area contributed by atoms with E-state index in [0.29, 0.717) is 12.6 Å². The van der Waals surface area contributed by atoms with E-state index in [4.69, 9.17) is 14.6 Å². The van der Waals surface area contributed by atoms with Crippen LogP contribution in [0.3, 0.4) is 0 Å². The lowest BCUT2D eigenvalue weighted by Crippen LogP contribution is -2.56. The lowest BCUT2D eigenvalue weighted by molar-refractivity contribution is -0.192. The number of carboxylic acids is 1. The molecule has 2 amide bonds. The molecule has 3 fully saturated rings. The summed E-state index contributed by atoms with van der Waals surface area (Å²) in [5, 5.41) is 7.12. The van der Waals surface area contributed by atoms with Gasteiger partial charge in [-0.15, -0.1) is 0 Å². The van der Waals surface area contributed by atoms with Gasteiger partial charge in [0.15, 0.2) is 0 Å². The fourth-order valence-electron chi connectivity index (χ4n) is 6.82. The van der Waals surface area contributed by atoms with Crippen LogP contribution in [0.15, 0.2) is 42.6 Å². The van der Waals surface area contributed by atoms with Crippen LogP contribution in [0.5, 0.6) is 0 Å². The van der Waals surface area contributed by atoms with Gasteiger partial charge in [-0.1, -0.05) is 44.0 Å². The third kappa shape index (κ3) is 8.14. The predicted molar refractivity (Wildman–Crippen MR) is 162 cm³/mol. The first-order valence-electron chi connectivity index (χ1n) is 15.7. The zero-order valence-electron chi connectivity index (χ0n) is 26.2. The van der Waals surface area contributed by atoms with Crippen LogP contribution < -0.4 is 0 Å². The first-order valence-corrected chi connectivity index (χ1v) is 15.7. The lowest BCUT2D eigenvalue weighted by atomic mass is 9.81. The molecule has 1 spiro atoms. The molecule has 12 heteroatoms. The van der Waals surface area contributed by atoms with E-state index in [9.17, 15) is 22.8 Å². The maximum atomic E-state index is 13.3. The molecule has 3 aliphatic heterocycles. The Morgan fingerprint density at radius 1 is 1.02 bits per heavy atom. The minimum absolute atomic E-state index is 0.0935. The van der Waals surface area contributed by atoms with Crippen molar-refractivity contribution in [3.63, 3.8) is 0 Å². The van der Waals surface area contributed by atoms with Crippen LogP contribution in [0, 0.1) is 13.8 Å². The number of hydrogen-bond donors (Lipinski definition) is 1. The van der Waals surface area contributed by atoms with E-state index >= 15 is 0 Å². The summed E-state index contributed by atoms with van der Waals surface area (Å²) < 4.78 is 38.0. The smallest absolute Gasteiger partial charge is 0.475 e. The highest BCUT2D eigenvalue weighted by Gasteiger charge is 2.54. The van der Waals surface area contributed by atoms with Crippen LogP contribution in [0.25, 0.3) is 0 Å². The van der Waals surface area contributed by atoms with Crippen LogP contribution >= 0.6 is 0 Å². The molecule has 0 saturated carbocycles. The molecule has 9 nitrogen and oxygen atoms in total. The molecule has 4 heterocycles. The number of halogens is 3. The first kappa shape index (κ1) is 34.2. The number of aliphatic carboxylic acids is 1. The minimum Gasteiger partial charge on any atom is -0.475 e. The van der Waals surface area contributed by atoms with E-state index in [1.54, 1.807) is 6.20 Å². The molecule has 3 saturated heterocycles. The van der Waals surface area contributed by atoms with Gasteiger partial charge in [-0.3, -0.25) is 19.6 Å². The highest BCUT2D eigenvalue weighted by molar-refractivity contribution is 5.97. The van der Waals surface area contributed by atoms with Gasteiger partial charge >= 0.3 is 18.2 Å². The molecule has 1 aromatic heterocycles. The zero-order valence-corrected chi connectivity index (χ0v) is 26.2. The summed E-state index contributed by atoms with van der Waals surface area (Å²) in [4.78, 5) is 46.3. The second-order valence-corrected chi connectivity index (χ2v) is 12.2. The highest BCUT2D eigenvalue weighted by atomic mass is 19.4. The summed E-state index contributed by atoms with van der Waals surface area (Å²) in [6.45, 7) is 10.2. The number of carboxylic acid groups (broad SMARTS) is 1. The SMILES string of the molecule is CCCCC1N(Cc2ccccn2)C(=O)OC12CCN(C1CCN(C(=O)c3c(C)cccc3C)CC1)CC2.O=C(O)C(F)(F)F. The fraction of sp³-hybridized carbons (Fsp3) is 0.576. The Hall–Kier alpha value is -3.67. The van der Waals surface area contributed by atoms with E-state index in [2.05, 4.69) is 16.8 Å². The van der Waals surface area contributed by atoms with Crippen molar-refractivity contribution in [1.29, 1.82) is 0 Å². The first-order chi connectivity index (χ1) is 21.4. The second-order valence-electron chi connectivity index (χ2n) is 12.2. The topological polar surface area (TPSA) is 103 Å². The van der Waals surface area contributed by atoms with Crippen molar-refractivity contribution in [3.05, 3.63) is 65.0 Å². The summed E-state index contributed by atoms with van der Waals surface area (Å²) in [6, 6.07) is 12.5. The van der Waals surface area contributed by atoms with Crippen LogP contribution in [-0.4, -0.2) is 92.8 Å². The number of aromatic nitrogens is 1. The van der Waals surface area contributed by atoms with Crippen molar-refractivity contribution in [3.8, 4) is 0 Å². The third-order valence-corrected chi connectivity index (χ3v) is 9.25. The van der Waals surface area contributed by atoms with Crippen molar-refractivity contribution >= 4 is 18.0 Å². The molecule has 1 aromatic carbocycles. The lowest BCUT2D eigenvalue weighted by Gasteiger charge is -2.46. The van der Waals surface area contributed by atoms with E-state index in [-0.39, 0.29) is 18.0 Å². The summed E-state index contributed by atoms with van der Waals surface area (Å²) in [6.07, 6.45) is 3.38. The molecular weight excluding hydrogens is 589 g/mol. The van der Waals surface area contributed by atoms with E-state index in [0.717, 1.165) is 93.5 Å². The van der Waals surface area contributed by atoms with Gasteiger partial charge in [0.2, 0.25) is 0 Å². The Morgan fingerprint density at radius 3 is 2.18 bits per heavy atom. The number of carbonyl (C=O) groups excluding carboxylic acids is 2. The number of benzene rings is 1. The molecule has 2 aromatic rings. The number of carbonyl (C=O) groups is 3. The molecule has 0 bridgehead atoms. The number of rotatable bonds is 7. The number of piperidine rings is 2. The summed E-state index contributed by atoms with van der Waals surface area (Å²) >= 11 is 0. The molecule has 1 N–H and O–H groups in total. The number of amides is 2. The number of nitrogens with zero attached hydrogens (tertiary/aromatic N) is 4. The maximum Gasteiger partial charge on any atom is 0.490 e. The van der Waals surface area contributed by atoms with E-state index in [1.807, 2.05) is 60.0 Å². The van der Waals surface area contributed by atoms with Gasteiger partial charge in [0.25, 0.3) is 5.91 Å². The summed E-state index contributed by atoms with van der Waals surface area (Å²) in [5.41, 5.74) is 3.47. The van der Waals surface area contributed by atoms with Crippen molar-refractivity contribution in [2.45, 2.75) is 96.1 Å². The normalized spacial score (nSPS) is 20.5. The number of ether oxygens (including phenoxy) is 1. The molecule has 3 aliphatic rings. The molecule has 1 atom stereocenters. The van der Waals surface area contributed by atoms with Crippen molar-refractivity contribution in [2.24, 2.45) is 0 Å². The quantitative estimate of drug-likeness (QED) is 0.401. The van der Waals surface area contributed by atoms with Gasteiger partial charge < -0.3 is 14.7 Å². The number of alkyl halides is 3. The van der Waals surface area contributed by atoms with E-state index < -0.39 is 17.7 Å². The van der Waals surface area contributed by atoms with Crippen molar-refractivity contribution < 1.29 is 37.4 Å². The maximum absolute atomic E-state index is 13.3. The predicted octanol–water partition coefficient (Wildman–Crippen LogP) is 5.98. The van der Waals surface area contributed by atoms with Gasteiger partial charge in [0.1, 0.15) is 5.60 Å². The molecular formula is C33H43F3N4O5. The molecule has 45 heavy (non-hydrogen) atoms. The molecule has 0 radical (unpaired) electrons. The van der Waals surface area contributed by atoms with Gasteiger partial charge in [-0.2, -0.15) is 13.2 Å². The largest absolute Gasteiger partial charge is 0.490 e. The molecule has 5 rings (SSSR count). The molecule has 0 aliphatic carbocycles. The number of hydrogen-bond acceptors (Lipinski definition) is 6. The fourth-order valence-corrected chi connectivity index (χ4v) is 6.82. The number of unbranched alkanes of at least 4 members (excludes halogenated alkanes) is 1. The Bertz CT molecular complexity index is 1300. The number of likely N-dealkylation sites (tertiary alicyclic amines) is 2.